The van der Waals surface area contributed by atoms with E-state index in [4.69, 9.17) is 9.84 Å². The van der Waals surface area contributed by atoms with Crippen molar-refractivity contribution < 1.29 is 9.84 Å². The first-order valence-corrected chi connectivity index (χ1v) is 5.81. The molecule has 3 heterocycles. The molecule has 2 fully saturated rings. The lowest BCUT2D eigenvalue weighted by Crippen LogP contribution is -2.42. The van der Waals surface area contributed by atoms with Crippen LogP contribution in [0.25, 0.3) is 0 Å². The second-order valence-electron chi connectivity index (χ2n) is 4.66. The van der Waals surface area contributed by atoms with Crippen LogP contribution in [-0.4, -0.2) is 40.3 Å². The van der Waals surface area contributed by atoms with Crippen molar-refractivity contribution in [2.24, 2.45) is 0 Å². The van der Waals surface area contributed by atoms with Crippen LogP contribution >= 0.6 is 0 Å². The van der Waals surface area contributed by atoms with Gasteiger partial charge in [0.25, 0.3) is 0 Å². The fourth-order valence-corrected chi connectivity index (χ4v) is 2.57. The third-order valence-electron chi connectivity index (χ3n) is 3.31. The summed E-state index contributed by atoms with van der Waals surface area (Å²) in [5.74, 6) is 0.228. The van der Waals surface area contributed by atoms with Gasteiger partial charge in [-0.2, -0.15) is 0 Å². The Labute approximate surface area is 94.9 Å². The molecule has 1 N–H and O–H groups in total. The fraction of sp³-hybridized carbons (Fsp3) is 0.583. The normalized spacial score (nSPS) is 29.5. The predicted octanol–water partition coefficient (Wildman–Crippen LogP) is 1.15. The van der Waals surface area contributed by atoms with Gasteiger partial charge in [-0.3, -0.25) is 9.88 Å². The summed E-state index contributed by atoms with van der Waals surface area (Å²) in [6.45, 7) is 2.88. The first kappa shape index (κ1) is 10.1. The van der Waals surface area contributed by atoms with Crippen LogP contribution in [-0.2, 0) is 11.3 Å². The Morgan fingerprint density at radius 1 is 1.31 bits per heavy atom. The van der Waals surface area contributed by atoms with Gasteiger partial charge in [-0.25, -0.2) is 0 Å². The van der Waals surface area contributed by atoms with E-state index in [0.29, 0.717) is 12.2 Å². The number of rotatable bonds is 2. The molecule has 0 amide bonds. The van der Waals surface area contributed by atoms with Gasteiger partial charge < -0.3 is 9.84 Å². The van der Waals surface area contributed by atoms with Crippen LogP contribution in [0.4, 0.5) is 0 Å². The minimum Gasteiger partial charge on any atom is -0.506 e. The van der Waals surface area contributed by atoms with E-state index in [-0.39, 0.29) is 5.75 Å². The Morgan fingerprint density at radius 3 is 2.69 bits per heavy atom. The van der Waals surface area contributed by atoms with Gasteiger partial charge in [-0.15, -0.1) is 0 Å². The van der Waals surface area contributed by atoms with E-state index in [2.05, 4.69) is 9.88 Å². The van der Waals surface area contributed by atoms with Crippen molar-refractivity contribution in [3.63, 3.8) is 0 Å². The number of pyridine rings is 1. The monoisotopic (exact) mass is 220 g/mol. The second-order valence-corrected chi connectivity index (χ2v) is 4.66. The molecule has 2 aliphatic rings. The lowest BCUT2D eigenvalue weighted by molar-refractivity contribution is -0.0414. The summed E-state index contributed by atoms with van der Waals surface area (Å²) in [6.07, 6.45) is 4.75. The van der Waals surface area contributed by atoms with E-state index in [1.54, 1.807) is 6.07 Å². The van der Waals surface area contributed by atoms with Crippen molar-refractivity contribution in [1.29, 1.82) is 0 Å². The third kappa shape index (κ3) is 2.03. The van der Waals surface area contributed by atoms with Gasteiger partial charge in [0.15, 0.2) is 0 Å². The molecule has 2 atom stereocenters. The van der Waals surface area contributed by atoms with Gasteiger partial charge in [0, 0.05) is 19.6 Å². The Kier molecular flexibility index (Phi) is 2.53. The average molecular weight is 220 g/mol. The topological polar surface area (TPSA) is 45.6 Å². The second kappa shape index (κ2) is 4.03. The fourth-order valence-electron chi connectivity index (χ4n) is 2.57. The zero-order chi connectivity index (χ0) is 11.0. The average Bonchev–Trinajstić information content (AvgIpc) is 2.62. The molecule has 4 heteroatoms. The molecule has 1 aromatic heterocycles. The van der Waals surface area contributed by atoms with Gasteiger partial charge in [0.2, 0.25) is 0 Å². The van der Waals surface area contributed by atoms with Gasteiger partial charge in [-0.05, 0) is 25.0 Å². The number of likely N-dealkylation sites (tertiary alicyclic amines) is 1. The molecule has 0 aliphatic carbocycles. The van der Waals surface area contributed by atoms with Crippen LogP contribution in [0.15, 0.2) is 18.3 Å². The zero-order valence-corrected chi connectivity index (χ0v) is 9.17. The molecule has 2 unspecified atom stereocenters. The van der Waals surface area contributed by atoms with E-state index in [0.717, 1.165) is 25.3 Å². The highest BCUT2D eigenvalue weighted by atomic mass is 16.5. The number of nitrogens with zero attached hydrogens (tertiary/aromatic N) is 2. The van der Waals surface area contributed by atoms with Crippen molar-refractivity contribution in [2.45, 2.75) is 31.6 Å². The molecule has 0 saturated carbocycles. The smallest absolute Gasteiger partial charge is 0.133 e. The van der Waals surface area contributed by atoms with E-state index >= 15 is 0 Å². The molecule has 3 rings (SSSR count). The lowest BCUT2D eigenvalue weighted by atomic mass is 10.2. The summed E-state index contributed by atoms with van der Waals surface area (Å²) in [5, 5.41) is 9.16. The molecule has 2 aliphatic heterocycles. The first-order chi connectivity index (χ1) is 7.79. The molecule has 0 aromatic carbocycles. The molecular formula is C12H16N2O2. The van der Waals surface area contributed by atoms with Gasteiger partial charge in [0.1, 0.15) is 5.75 Å². The highest BCUT2D eigenvalue weighted by Crippen LogP contribution is 2.26. The Morgan fingerprint density at radius 2 is 2.06 bits per heavy atom. The van der Waals surface area contributed by atoms with Crippen molar-refractivity contribution in [2.75, 3.05) is 13.1 Å². The molecule has 1 aromatic rings. The number of aromatic nitrogens is 1. The Hall–Kier alpha value is -1.13. The molecule has 0 spiro atoms. The van der Waals surface area contributed by atoms with E-state index < -0.39 is 0 Å². The third-order valence-corrected chi connectivity index (χ3v) is 3.31. The van der Waals surface area contributed by atoms with Gasteiger partial charge in [-0.1, -0.05) is 0 Å². The summed E-state index contributed by atoms with van der Waals surface area (Å²) in [5.41, 5.74) is 1.01. The first-order valence-electron chi connectivity index (χ1n) is 5.81. The quantitative estimate of drug-likeness (QED) is 0.812. The van der Waals surface area contributed by atoms with Crippen molar-refractivity contribution in [3.8, 4) is 5.75 Å². The number of hydrogen-bond acceptors (Lipinski definition) is 4. The molecule has 4 nitrogen and oxygen atoms in total. The number of morpholine rings is 1. The number of ether oxygens (including phenoxy) is 1. The number of aromatic hydroxyl groups is 1. The summed E-state index contributed by atoms with van der Waals surface area (Å²) < 4.78 is 5.78. The lowest BCUT2D eigenvalue weighted by Gasteiger charge is -2.31. The summed E-state index contributed by atoms with van der Waals surface area (Å²) in [6, 6.07) is 3.57. The molecule has 86 valence electrons. The van der Waals surface area contributed by atoms with Crippen LogP contribution in [0, 0.1) is 0 Å². The highest BCUT2D eigenvalue weighted by Gasteiger charge is 2.33. The predicted molar refractivity (Wildman–Crippen MR) is 59.1 cm³/mol. The van der Waals surface area contributed by atoms with Crippen LogP contribution in [0.3, 0.4) is 0 Å². The Balaban J connectivity index is 1.64. The summed E-state index contributed by atoms with van der Waals surface area (Å²) >= 11 is 0. The highest BCUT2D eigenvalue weighted by molar-refractivity contribution is 5.17. The maximum Gasteiger partial charge on any atom is 0.133 e. The maximum absolute atomic E-state index is 9.16. The zero-order valence-electron chi connectivity index (χ0n) is 9.17. The van der Waals surface area contributed by atoms with Crippen LogP contribution in [0.1, 0.15) is 18.5 Å². The molecule has 2 saturated heterocycles. The molecule has 0 radical (unpaired) electrons. The number of hydrogen-bond donors (Lipinski definition) is 1. The molecular weight excluding hydrogens is 204 g/mol. The minimum absolute atomic E-state index is 0.228. The van der Waals surface area contributed by atoms with Crippen LogP contribution in [0.2, 0.25) is 0 Å². The SMILES string of the molecule is Oc1ccc(CN2CC3CCC(C2)O3)nc1. The summed E-state index contributed by atoms with van der Waals surface area (Å²) in [7, 11) is 0. The van der Waals surface area contributed by atoms with Crippen LogP contribution < -0.4 is 0 Å². The van der Waals surface area contributed by atoms with Crippen molar-refractivity contribution in [1.82, 2.24) is 9.88 Å². The molecule has 16 heavy (non-hydrogen) atoms. The number of fused-ring (bicyclic) bond motifs is 2. The van der Waals surface area contributed by atoms with Crippen molar-refractivity contribution >= 4 is 0 Å². The largest absolute Gasteiger partial charge is 0.506 e. The van der Waals surface area contributed by atoms with E-state index in [1.165, 1.54) is 19.0 Å². The van der Waals surface area contributed by atoms with Crippen molar-refractivity contribution in [3.05, 3.63) is 24.0 Å². The van der Waals surface area contributed by atoms with E-state index in [9.17, 15) is 0 Å². The van der Waals surface area contributed by atoms with Gasteiger partial charge in [0.05, 0.1) is 24.1 Å². The van der Waals surface area contributed by atoms with E-state index in [1.807, 2.05) is 6.07 Å². The van der Waals surface area contributed by atoms with Gasteiger partial charge >= 0.3 is 0 Å². The molecule has 2 bridgehead atoms. The minimum atomic E-state index is 0.228. The Bertz CT molecular complexity index is 354. The standard InChI is InChI=1S/C12H16N2O2/c15-10-2-1-9(13-5-10)6-14-7-11-3-4-12(8-14)16-11/h1-2,5,11-12,15H,3-4,6-8H2. The van der Waals surface area contributed by atoms with Crippen LogP contribution in [0.5, 0.6) is 5.75 Å². The maximum atomic E-state index is 9.16. The summed E-state index contributed by atoms with van der Waals surface area (Å²) in [4.78, 5) is 6.60.